The van der Waals surface area contributed by atoms with E-state index in [1.807, 2.05) is 35.0 Å². The molecule has 0 fully saturated rings. The van der Waals surface area contributed by atoms with Gasteiger partial charge in [0.2, 0.25) is 5.91 Å². The number of benzene rings is 1. The molecular formula is C16H15NO3S. The molecule has 0 radical (unpaired) electrons. The summed E-state index contributed by atoms with van der Waals surface area (Å²) in [5.41, 5.74) is 1.72. The number of carboxylic acid groups (broad SMARTS) is 1. The fourth-order valence-electron chi connectivity index (χ4n) is 1.87. The van der Waals surface area contributed by atoms with E-state index >= 15 is 0 Å². The van der Waals surface area contributed by atoms with Crippen LogP contribution in [0.5, 0.6) is 0 Å². The van der Waals surface area contributed by atoms with Crippen molar-refractivity contribution in [2.24, 2.45) is 0 Å². The number of thiophene rings is 1. The molecule has 0 bridgehead atoms. The Morgan fingerprint density at radius 3 is 2.62 bits per heavy atom. The molecule has 1 aromatic carbocycles. The summed E-state index contributed by atoms with van der Waals surface area (Å²) < 4.78 is 0. The highest BCUT2D eigenvalue weighted by Crippen LogP contribution is 2.16. The van der Waals surface area contributed by atoms with Crippen molar-refractivity contribution in [1.82, 2.24) is 5.32 Å². The zero-order valence-corrected chi connectivity index (χ0v) is 12.0. The molecule has 0 aliphatic rings. The third-order valence-electron chi connectivity index (χ3n) is 2.87. The average Bonchev–Trinajstić information content (AvgIpc) is 2.98. The number of carboxylic acids is 1. The molecule has 0 spiro atoms. The van der Waals surface area contributed by atoms with Crippen LogP contribution in [0.4, 0.5) is 0 Å². The van der Waals surface area contributed by atoms with E-state index in [9.17, 15) is 9.59 Å². The Bertz CT molecular complexity index is 620. The average molecular weight is 301 g/mol. The van der Waals surface area contributed by atoms with Crippen molar-refractivity contribution in [3.05, 3.63) is 64.4 Å². The van der Waals surface area contributed by atoms with Crippen LogP contribution < -0.4 is 5.32 Å². The van der Waals surface area contributed by atoms with Gasteiger partial charge in [-0.25, -0.2) is 0 Å². The van der Waals surface area contributed by atoms with E-state index in [1.165, 1.54) is 6.08 Å². The molecule has 5 heteroatoms. The van der Waals surface area contributed by atoms with Gasteiger partial charge in [0.25, 0.3) is 0 Å². The number of carbonyl (C=O) groups excluding carboxylic acids is 1. The van der Waals surface area contributed by atoms with E-state index in [0.717, 1.165) is 11.1 Å². The van der Waals surface area contributed by atoms with Crippen molar-refractivity contribution in [3.63, 3.8) is 0 Å². The zero-order chi connectivity index (χ0) is 15.1. The standard InChI is InChI=1S/C16H15NO3S/c18-15(7-6-12-8-9-21-11-12)17-14(10-16(19)20)13-4-2-1-3-5-13/h1-9,11,14H,10H2,(H,17,18)(H,19,20)/b7-6+. The molecule has 2 N–H and O–H groups in total. The molecule has 0 aliphatic heterocycles. The second kappa shape index (κ2) is 7.40. The maximum Gasteiger partial charge on any atom is 0.305 e. The predicted octanol–water partition coefficient (Wildman–Crippen LogP) is 3.09. The van der Waals surface area contributed by atoms with Crippen molar-refractivity contribution < 1.29 is 14.7 Å². The van der Waals surface area contributed by atoms with Crippen LogP contribution in [0.2, 0.25) is 0 Å². The van der Waals surface area contributed by atoms with E-state index in [-0.39, 0.29) is 12.3 Å². The molecule has 0 saturated heterocycles. The molecule has 2 rings (SSSR count). The summed E-state index contributed by atoms with van der Waals surface area (Å²) in [5, 5.41) is 15.5. The van der Waals surface area contributed by atoms with Gasteiger partial charge in [0.1, 0.15) is 0 Å². The molecule has 1 atom stereocenters. The van der Waals surface area contributed by atoms with Crippen molar-refractivity contribution in [3.8, 4) is 0 Å². The van der Waals surface area contributed by atoms with Crippen LogP contribution in [-0.2, 0) is 9.59 Å². The Morgan fingerprint density at radius 2 is 2.00 bits per heavy atom. The summed E-state index contributed by atoms with van der Waals surface area (Å²) >= 11 is 1.55. The maximum absolute atomic E-state index is 11.9. The van der Waals surface area contributed by atoms with Gasteiger partial charge in [-0.05, 0) is 34.0 Å². The molecule has 1 unspecified atom stereocenters. The van der Waals surface area contributed by atoms with Crippen molar-refractivity contribution in [1.29, 1.82) is 0 Å². The quantitative estimate of drug-likeness (QED) is 0.806. The summed E-state index contributed by atoms with van der Waals surface area (Å²) in [6, 6.07) is 10.4. The maximum atomic E-state index is 11.9. The Labute approximate surface area is 126 Å². The van der Waals surface area contributed by atoms with E-state index in [4.69, 9.17) is 5.11 Å². The van der Waals surface area contributed by atoms with Gasteiger partial charge in [-0.3, -0.25) is 9.59 Å². The number of carbonyl (C=O) groups is 2. The molecule has 108 valence electrons. The molecule has 0 saturated carbocycles. The van der Waals surface area contributed by atoms with Gasteiger partial charge in [-0.2, -0.15) is 11.3 Å². The smallest absolute Gasteiger partial charge is 0.305 e. The van der Waals surface area contributed by atoms with Crippen molar-refractivity contribution in [2.45, 2.75) is 12.5 Å². The molecule has 2 aromatic rings. The molecule has 4 nitrogen and oxygen atoms in total. The summed E-state index contributed by atoms with van der Waals surface area (Å²) in [5.74, 6) is -1.26. The lowest BCUT2D eigenvalue weighted by atomic mass is 10.0. The van der Waals surface area contributed by atoms with Crippen LogP contribution in [0, 0.1) is 0 Å². The zero-order valence-electron chi connectivity index (χ0n) is 11.2. The minimum atomic E-state index is -0.953. The SMILES string of the molecule is O=C(O)CC(NC(=O)/C=C/c1ccsc1)c1ccccc1. The minimum Gasteiger partial charge on any atom is -0.481 e. The molecule has 1 amide bonds. The highest BCUT2D eigenvalue weighted by molar-refractivity contribution is 7.08. The molecule has 0 aliphatic carbocycles. The van der Waals surface area contributed by atoms with Crippen LogP contribution in [0.25, 0.3) is 6.08 Å². The summed E-state index contributed by atoms with van der Waals surface area (Å²) in [6.45, 7) is 0. The van der Waals surface area contributed by atoms with Crippen LogP contribution in [-0.4, -0.2) is 17.0 Å². The lowest BCUT2D eigenvalue weighted by molar-refractivity contribution is -0.137. The first-order valence-corrected chi connectivity index (χ1v) is 7.37. The third-order valence-corrected chi connectivity index (χ3v) is 3.57. The summed E-state index contributed by atoms with van der Waals surface area (Å²) in [7, 11) is 0. The van der Waals surface area contributed by atoms with Gasteiger partial charge >= 0.3 is 5.97 Å². The molecule has 1 aromatic heterocycles. The van der Waals surface area contributed by atoms with Gasteiger partial charge < -0.3 is 10.4 Å². The lowest BCUT2D eigenvalue weighted by Crippen LogP contribution is -2.28. The van der Waals surface area contributed by atoms with Gasteiger partial charge in [-0.1, -0.05) is 30.3 Å². The summed E-state index contributed by atoms with van der Waals surface area (Å²) in [6.07, 6.45) is 2.97. The van der Waals surface area contributed by atoms with E-state index in [1.54, 1.807) is 29.5 Å². The molecule has 21 heavy (non-hydrogen) atoms. The molecule has 1 heterocycles. The van der Waals surface area contributed by atoms with Crippen LogP contribution in [0.1, 0.15) is 23.6 Å². The van der Waals surface area contributed by atoms with Gasteiger partial charge in [0.15, 0.2) is 0 Å². The summed E-state index contributed by atoms with van der Waals surface area (Å²) in [4.78, 5) is 22.9. The van der Waals surface area contributed by atoms with Crippen LogP contribution in [0.3, 0.4) is 0 Å². The second-order valence-electron chi connectivity index (χ2n) is 4.46. The minimum absolute atomic E-state index is 0.151. The largest absolute Gasteiger partial charge is 0.481 e. The van der Waals surface area contributed by atoms with Gasteiger partial charge in [0.05, 0.1) is 12.5 Å². The monoisotopic (exact) mass is 301 g/mol. The van der Waals surface area contributed by atoms with Crippen LogP contribution in [0.15, 0.2) is 53.2 Å². The highest BCUT2D eigenvalue weighted by atomic mass is 32.1. The van der Waals surface area contributed by atoms with E-state index in [0.29, 0.717) is 0 Å². The normalized spacial score (nSPS) is 12.2. The number of amides is 1. The second-order valence-corrected chi connectivity index (χ2v) is 5.24. The predicted molar refractivity (Wildman–Crippen MR) is 82.9 cm³/mol. The lowest BCUT2D eigenvalue weighted by Gasteiger charge is -2.16. The van der Waals surface area contributed by atoms with Gasteiger partial charge in [0, 0.05) is 6.08 Å². The first-order valence-electron chi connectivity index (χ1n) is 6.42. The van der Waals surface area contributed by atoms with E-state index in [2.05, 4.69) is 5.32 Å². The number of hydrogen-bond donors (Lipinski definition) is 2. The number of hydrogen-bond acceptors (Lipinski definition) is 3. The topological polar surface area (TPSA) is 66.4 Å². The van der Waals surface area contributed by atoms with Crippen molar-refractivity contribution >= 4 is 29.3 Å². The van der Waals surface area contributed by atoms with Gasteiger partial charge in [-0.15, -0.1) is 0 Å². The van der Waals surface area contributed by atoms with Crippen LogP contribution >= 0.6 is 11.3 Å². The number of aliphatic carboxylic acids is 1. The number of rotatable bonds is 6. The molecular weight excluding hydrogens is 286 g/mol. The van der Waals surface area contributed by atoms with Crippen molar-refractivity contribution in [2.75, 3.05) is 0 Å². The Hall–Kier alpha value is -2.40. The number of nitrogens with one attached hydrogen (secondary N) is 1. The Balaban J connectivity index is 2.04. The Kier molecular flexibility index (Phi) is 5.29. The highest BCUT2D eigenvalue weighted by Gasteiger charge is 2.16. The third kappa shape index (κ3) is 4.89. The first-order chi connectivity index (χ1) is 10.1. The fourth-order valence-corrected chi connectivity index (χ4v) is 2.50. The fraction of sp³-hybridized carbons (Fsp3) is 0.125. The Morgan fingerprint density at radius 1 is 1.24 bits per heavy atom. The first kappa shape index (κ1) is 15.0. The van der Waals surface area contributed by atoms with E-state index < -0.39 is 12.0 Å².